The highest BCUT2D eigenvalue weighted by atomic mass is 16.2. The van der Waals surface area contributed by atoms with Gasteiger partial charge in [0.25, 0.3) is 0 Å². The van der Waals surface area contributed by atoms with Crippen LogP contribution in [0.15, 0.2) is 0 Å². The standard InChI is InChI=1S/C11H20N2O/c12-7-10-5-6-11(14)13(10)8-9-3-1-2-4-9/h9-10H,1-8,12H2. The summed E-state index contributed by atoms with van der Waals surface area (Å²) in [6, 6.07) is 0.336. The van der Waals surface area contributed by atoms with Crippen LogP contribution in [0.4, 0.5) is 0 Å². The molecule has 1 saturated heterocycles. The average molecular weight is 196 g/mol. The van der Waals surface area contributed by atoms with Crippen molar-refractivity contribution >= 4 is 5.91 Å². The van der Waals surface area contributed by atoms with Crippen LogP contribution in [0.3, 0.4) is 0 Å². The molecule has 0 spiro atoms. The first-order chi connectivity index (χ1) is 6.81. The molecule has 80 valence electrons. The lowest BCUT2D eigenvalue weighted by atomic mass is 10.1. The minimum absolute atomic E-state index is 0.326. The van der Waals surface area contributed by atoms with Crippen LogP contribution in [0, 0.1) is 5.92 Å². The van der Waals surface area contributed by atoms with E-state index in [-0.39, 0.29) is 0 Å². The zero-order valence-electron chi connectivity index (χ0n) is 8.74. The van der Waals surface area contributed by atoms with Crippen molar-refractivity contribution in [3.63, 3.8) is 0 Å². The third-order valence-electron chi connectivity index (χ3n) is 3.65. The molecule has 2 N–H and O–H groups in total. The number of carbonyl (C=O) groups excluding carboxylic acids is 1. The Labute approximate surface area is 85.6 Å². The Hall–Kier alpha value is -0.570. The van der Waals surface area contributed by atoms with E-state index in [0.717, 1.165) is 18.9 Å². The molecule has 1 heterocycles. The van der Waals surface area contributed by atoms with Crippen molar-refractivity contribution in [1.82, 2.24) is 4.90 Å². The highest BCUT2D eigenvalue weighted by Crippen LogP contribution is 2.28. The molecule has 0 aromatic rings. The summed E-state index contributed by atoms with van der Waals surface area (Å²) in [4.78, 5) is 13.6. The zero-order chi connectivity index (χ0) is 9.97. The Bertz CT molecular complexity index is 211. The summed E-state index contributed by atoms with van der Waals surface area (Å²) in [5, 5.41) is 0. The first-order valence-corrected chi connectivity index (χ1v) is 5.81. The molecular weight excluding hydrogens is 176 g/mol. The van der Waals surface area contributed by atoms with Gasteiger partial charge in [0.15, 0.2) is 0 Å². The van der Waals surface area contributed by atoms with Crippen LogP contribution in [-0.4, -0.2) is 29.9 Å². The molecule has 2 fully saturated rings. The van der Waals surface area contributed by atoms with E-state index in [4.69, 9.17) is 5.73 Å². The fourth-order valence-corrected chi connectivity index (χ4v) is 2.76. The van der Waals surface area contributed by atoms with Crippen LogP contribution < -0.4 is 5.73 Å². The van der Waals surface area contributed by atoms with Gasteiger partial charge < -0.3 is 10.6 Å². The normalized spacial score (nSPS) is 29.1. The van der Waals surface area contributed by atoms with Gasteiger partial charge in [0, 0.05) is 25.6 Å². The molecule has 0 aromatic heterocycles. The number of carbonyl (C=O) groups is 1. The number of amides is 1. The minimum Gasteiger partial charge on any atom is -0.338 e. The summed E-state index contributed by atoms with van der Waals surface area (Å²) in [5.74, 6) is 1.08. The second-order valence-electron chi connectivity index (χ2n) is 4.62. The Kier molecular flexibility index (Phi) is 3.06. The van der Waals surface area contributed by atoms with E-state index in [1.165, 1.54) is 25.7 Å². The van der Waals surface area contributed by atoms with Gasteiger partial charge in [0.1, 0.15) is 0 Å². The molecule has 1 amide bonds. The predicted octanol–water partition coefficient (Wildman–Crippen LogP) is 1.13. The lowest BCUT2D eigenvalue weighted by molar-refractivity contribution is -0.129. The van der Waals surface area contributed by atoms with Gasteiger partial charge >= 0.3 is 0 Å². The van der Waals surface area contributed by atoms with Crippen molar-refractivity contribution in [2.75, 3.05) is 13.1 Å². The maximum Gasteiger partial charge on any atom is 0.222 e. The van der Waals surface area contributed by atoms with Gasteiger partial charge in [-0.2, -0.15) is 0 Å². The van der Waals surface area contributed by atoms with E-state index in [1.54, 1.807) is 0 Å². The molecule has 1 unspecified atom stereocenters. The van der Waals surface area contributed by atoms with Crippen LogP contribution in [0.25, 0.3) is 0 Å². The molecule has 1 atom stereocenters. The first kappa shape index (κ1) is 9.97. The Balaban J connectivity index is 1.90. The van der Waals surface area contributed by atoms with Crippen LogP contribution in [-0.2, 0) is 4.79 Å². The number of hydrogen-bond donors (Lipinski definition) is 1. The quantitative estimate of drug-likeness (QED) is 0.735. The summed E-state index contributed by atoms with van der Waals surface area (Å²) in [6.07, 6.45) is 7.00. The molecule has 3 heteroatoms. The number of nitrogens with zero attached hydrogens (tertiary/aromatic N) is 1. The number of likely N-dealkylation sites (tertiary alicyclic amines) is 1. The van der Waals surface area contributed by atoms with Crippen LogP contribution in [0.1, 0.15) is 38.5 Å². The van der Waals surface area contributed by atoms with E-state index < -0.39 is 0 Å². The molecule has 0 aromatic carbocycles. The Morgan fingerprint density at radius 1 is 1.29 bits per heavy atom. The number of rotatable bonds is 3. The maximum absolute atomic E-state index is 11.6. The highest BCUT2D eigenvalue weighted by Gasteiger charge is 2.31. The molecular formula is C11H20N2O. The molecule has 0 radical (unpaired) electrons. The summed E-state index contributed by atoms with van der Waals surface area (Å²) in [6.45, 7) is 1.61. The first-order valence-electron chi connectivity index (χ1n) is 5.81. The number of hydrogen-bond acceptors (Lipinski definition) is 2. The molecule has 0 bridgehead atoms. The second kappa shape index (κ2) is 4.30. The lowest BCUT2D eigenvalue weighted by Crippen LogP contribution is -2.40. The van der Waals surface area contributed by atoms with Crippen molar-refractivity contribution in [2.24, 2.45) is 11.7 Å². The smallest absolute Gasteiger partial charge is 0.222 e. The molecule has 2 aliphatic rings. The third-order valence-corrected chi connectivity index (χ3v) is 3.65. The molecule has 1 saturated carbocycles. The van der Waals surface area contributed by atoms with Crippen molar-refractivity contribution in [3.8, 4) is 0 Å². The Morgan fingerprint density at radius 3 is 2.64 bits per heavy atom. The zero-order valence-corrected chi connectivity index (χ0v) is 8.74. The lowest BCUT2D eigenvalue weighted by Gasteiger charge is -2.26. The predicted molar refractivity (Wildman–Crippen MR) is 55.7 cm³/mol. The van der Waals surface area contributed by atoms with Crippen molar-refractivity contribution < 1.29 is 4.79 Å². The summed E-state index contributed by atoms with van der Waals surface area (Å²) < 4.78 is 0. The van der Waals surface area contributed by atoms with E-state index in [0.29, 0.717) is 24.9 Å². The Morgan fingerprint density at radius 2 is 2.00 bits per heavy atom. The van der Waals surface area contributed by atoms with Crippen LogP contribution >= 0.6 is 0 Å². The molecule has 2 rings (SSSR count). The largest absolute Gasteiger partial charge is 0.338 e. The maximum atomic E-state index is 11.6. The van der Waals surface area contributed by atoms with Gasteiger partial charge in [-0.05, 0) is 25.2 Å². The van der Waals surface area contributed by atoms with Gasteiger partial charge in [0.05, 0.1) is 0 Å². The van der Waals surface area contributed by atoms with Crippen molar-refractivity contribution in [3.05, 3.63) is 0 Å². The number of nitrogens with two attached hydrogens (primary N) is 1. The molecule has 3 nitrogen and oxygen atoms in total. The summed E-state index contributed by atoms with van der Waals surface area (Å²) in [7, 11) is 0. The summed E-state index contributed by atoms with van der Waals surface area (Å²) >= 11 is 0. The van der Waals surface area contributed by atoms with Gasteiger partial charge in [-0.25, -0.2) is 0 Å². The van der Waals surface area contributed by atoms with Gasteiger partial charge in [-0.15, -0.1) is 0 Å². The minimum atomic E-state index is 0.326. The van der Waals surface area contributed by atoms with E-state index >= 15 is 0 Å². The van der Waals surface area contributed by atoms with Crippen LogP contribution in [0.2, 0.25) is 0 Å². The van der Waals surface area contributed by atoms with Crippen LogP contribution in [0.5, 0.6) is 0 Å². The monoisotopic (exact) mass is 196 g/mol. The van der Waals surface area contributed by atoms with E-state index in [1.807, 2.05) is 4.90 Å². The molecule has 1 aliphatic heterocycles. The topological polar surface area (TPSA) is 46.3 Å². The molecule has 1 aliphatic carbocycles. The van der Waals surface area contributed by atoms with Crippen molar-refractivity contribution in [1.29, 1.82) is 0 Å². The van der Waals surface area contributed by atoms with E-state index in [9.17, 15) is 4.79 Å². The van der Waals surface area contributed by atoms with Gasteiger partial charge in [-0.1, -0.05) is 12.8 Å². The fourth-order valence-electron chi connectivity index (χ4n) is 2.76. The fraction of sp³-hybridized carbons (Fsp3) is 0.909. The highest BCUT2D eigenvalue weighted by molar-refractivity contribution is 5.78. The SMILES string of the molecule is NCC1CCC(=O)N1CC1CCCC1. The second-order valence-corrected chi connectivity index (χ2v) is 4.62. The average Bonchev–Trinajstić information content (AvgIpc) is 2.79. The van der Waals surface area contributed by atoms with E-state index in [2.05, 4.69) is 0 Å². The molecule has 14 heavy (non-hydrogen) atoms. The van der Waals surface area contributed by atoms with Gasteiger partial charge in [0.2, 0.25) is 5.91 Å². The van der Waals surface area contributed by atoms with Gasteiger partial charge in [-0.3, -0.25) is 4.79 Å². The third kappa shape index (κ3) is 1.92. The summed E-state index contributed by atoms with van der Waals surface area (Å²) in [5.41, 5.74) is 5.67. The van der Waals surface area contributed by atoms with Crippen molar-refractivity contribution in [2.45, 2.75) is 44.6 Å².